The first-order valence-corrected chi connectivity index (χ1v) is 9.44. The van der Waals surface area contributed by atoms with Crippen LogP contribution in [0.1, 0.15) is 17.0 Å². The lowest BCUT2D eigenvalue weighted by atomic mass is 10.1. The molecule has 0 atom stereocenters. The van der Waals surface area contributed by atoms with Crippen LogP contribution in [0.4, 0.5) is 5.69 Å². The molecule has 0 aliphatic heterocycles. The zero-order valence-corrected chi connectivity index (χ0v) is 15.3. The fourth-order valence-corrected chi connectivity index (χ4v) is 3.42. The van der Waals surface area contributed by atoms with E-state index in [1.165, 1.54) is 0 Å². The Kier molecular flexibility index (Phi) is 5.07. The minimum absolute atomic E-state index is 0.0570. The lowest BCUT2D eigenvalue weighted by Crippen LogP contribution is -2.15. The van der Waals surface area contributed by atoms with E-state index in [0.717, 1.165) is 21.7 Å². The Morgan fingerprint density at radius 2 is 1.81 bits per heavy atom. The van der Waals surface area contributed by atoms with Crippen molar-refractivity contribution in [1.82, 2.24) is 10.1 Å². The third kappa shape index (κ3) is 4.30. The van der Waals surface area contributed by atoms with Gasteiger partial charge in [-0.2, -0.15) is 4.98 Å². The maximum absolute atomic E-state index is 12.4. The van der Waals surface area contributed by atoms with Crippen molar-refractivity contribution in [2.45, 2.75) is 12.8 Å². The van der Waals surface area contributed by atoms with Gasteiger partial charge in [-0.3, -0.25) is 4.79 Å². The fraction of sp³-hybridized carbons (Fsp3) is 0.0952. The number of rotatable bonds is 6. The molecule has 2 heterocycles. The number of anilines is 1. The van der Waals surface area contributed by atoms with E-state index in [4.69, 9.17) is 4.52 Å². The predicted molar refractivity (Wildman–Crippen MR) is 106 cm³/mol. The van der Waals surface area contributed by atoms with Gasteiger partial charge in [0.2, 0.25) is 17.6 Å². The topological polar surface area (TPSA) is 68.0 Å². The lowest BCUT2D eigenvalue weighted by molar-refractivity contribution is -0.115. The number of amides is 1. The molecule has 1 N–H and O–H groups in total. The van der Waals surface area contributed by atoms with E-state index in [-0.39, 0.29) is 5.91 Å². The summed E-state index contributed by atoms with van der Waals surface area (Å²) in [6.45, 7) is 0. The molecule has 0 aliphatic carbocycles. The molecule has 4 rings (SSSR count). The van der Waals surface area contributed by atoms with Crippen LogP contribution in [0.25, 0.3) is 10.7 Å². The van der Waals surface area contributed by atoms with Crippen LogP contribution in [0.3, 0.4) is 0 Å². The second-order valence-corrected chi connectivity index (χ2v) is 6.98. The molecule has 2 aromatic heterocycles. The first-order valence-electron chi connectivity index (χ1n) is 8.56. The second kappa shape index (κ2) is 7.97. The number of benzene rings is 2. The number of para-hydroxylation sites is 1. The molecule has 134 valence electrons. The third-order valence-corrected chi connectivity index (χ3v) is 4.92. The van der Waals surface area contributed by atoms with Gasteiger partial charge in [-0.25, -0.2) is 0 Å². The van der Waals surface area contributed by atoms with Gasteiger partial charge in [0.05, 0.1) is 17.7 Å². The zero-order valence-electron chi connectivity index (χ0n) is 14.5. The highest BCUT2D eigenvalue weighted by atomic mass is 32.1. The normalized spacial score (nSPS) is 10.7. The molecule has 0 aliphatic rings. The molecule has 0 radical (unpaired) electrons. The molecule has 27 heavy (non-hydrogen) atoms. The highest BCUT2D eigenvalue weighted by Gasteiger charge is 2.13. The summed E-state index contributed by atoms with van der Waals surface area (Å²) in [4.78, 5) is 17.8. The van der Waals surface area contributed by atoms with Crippen LogP contribution in [0, 0.1) is 0 Å². The SMILES string of the molecule is O=C(Cc1ccccc1)Nc1ccccc1Cc1nc(-c2cccs2)no1. The number of carbonyl (C=O) groups excluding carboxylic acids is 1. The minimum atomic E-state index is -0.0570. The smallest absolute Gasteiger partial charge is 0.231 e. The van der Waals surface area contributed by atoms with Crippen molar-refractivity contribution in [2.24, 2.45) is 0 Å². The second-order valence-electron chi connectivity index (χ2n) is 6.03. The summed E-state index contributed by atoms with van der Waals surface area (Å²) in [5.74, 6) is 1.05. The number of aromatic nitrogens is 2. The van der Waals surface area contributed by atoms with Crippen molar-refractivity contribution >= 4 is 22.9 Å². The number of nitrogens with zero attached hydrogens (tertiary/aromatic N) is 2. The van der Waals surface area contributed by atoms with Crippen molar-refractivity contribution < 1.29 is 9.32 Å². The van der Waals surface area contributed by atoms with E-state index in [9.17, 15) is 4.79 Å². The lowest BCUT2D eigenvalue weighted by Gasteiger charge is -2.10. The largest absolute Gasteiger partial charge is 0.339 e. The Morgan fingerprint density at radius 3 is 2.63 bits per heavy atom. The number of hydrogen-bond donors (Lipinski definition) is 1. The van der Waals surface area contributed by atoms with Crippen LogP contribution >= 0.6 is 11.3 Å². The van der Waals surface area contributed by atoms with Crippen LogP contribution in [0.2, 0.25) is 0 Å². The summed E-state index contributed by atoms with van der Waals surface area (Å²) in [5, 5.41) is 9.00. The van der Waals surface area contributed by atoms with Gasteiger partial charge >= 0.3 is 0 Å². The highest BCUT2D eigenvalue weighted by molar-refractivity contribution is 7.13. The van der Waals surface area contributed by atoms with Crippen molar-refractivity contribution in [3.63, 3.8) is 0 Å². The molecule has 1 amide bonds. The minimum Gasteiger partial charge on any atom is -0.339 e. The van der Waals surface area contributed by atoms with E-state index < -0.39 is 0 Å². The van der Waals surface area contributed by atoms with E-state index in [0.29, 0.717) is 24.6 Å². The van der Waals surface area contributed by atoms with E-state index in [1.807, 2.05) is 72.1 Å². The summed E-state index contributed by atoms with van der Waals surface area (Å²) in [6.07, 6.45) is 0.790. The van der Waals surface area contributed by atoms with E-state index >= 15 is 0 Å². The Balaban J connectivity index is 1.47. The molecule has 0 fully saturated rings. The van der Waals surface area contributed by atoms with Crippen LogP contribution < -0.4 is 5.32 Å². The maximum Gasteiger partial charge on any atom is 0.231 e. The highest BCUT2D eigenvalue weighted by Crippen LogP contribution is 2.23. The van der Waals surface area contributed by atoms with E-state index in [1.54, 1.807) is 11.3 Å². The van der Waals surface area contributed by atoms with Crippen molar-refractivity contribution in [3.05, 3.63) is 89.1 Å². The van der Waals surface area contributed by atoms with Crippen LogP contribution in [0.5, 0.6) is 0 Å². The van der Waals surface area contributed by atoms with Crippen LogP contribution in [0.15, 0.2) is 76.6 Å². The first-order chi connectivity index (χ1) is 13.3. The Hall–Kier alpha value is -3.25. The van der Waals surface area contributed by atoms with Gasteiger partial charge in [-0.15, -0.1) is 11.3 Å². The molecule has 4 aromatic rings. The quantitative estimate of drug-likeness (QED) is 0.536. The molecule has 0 saturated heterocycles. The van der Waals surface area contributed by atoms with Crippen LogP contribution in [-0.2, 0) is 17.6 Å². The zero-order chi connectivity index (χ0) is 18.5. The molecule has 6 heteroatoms. The first kappa shape index (κ1) is 17.2. The maximum atomic E-state index is 12.4. The molecule has 5 nitrogen and oxygen atoms in total. The summed E-state index contributed by atoms with van der Waals surface area (Å²) in [7, 11) is 0. The Bertz CT molecular complexity index is 1030. The summed E-state index contributed by atoms with van der Waals surface area (Å²) >= 11 is 1.57. The van der Waals surface area contributed by atoms with Gasteiger partial charge in [0, 0.05) is 5.69 Å². The van der Waals surface area contributed by atoms with Gasteiger partial charge in [0.25, 0.3) is 0 Å². The number of hydrogen-bond acceptors (Lipinski definition) is 5. The summed E-state index contributed by atoms with van der Waals surface area (Å²) in [5.41, 5.74) is 2.67. The molecule has 2 aromatic carbocycles. The standard InChI is InChI=1S/C21H17N3O2S/c25-19(13-15-7-2-1-3-8-15)22-17-10-5-4-9-16(17)14-20-23-21(24-26-20)18-11-6-12-27-18/h1-12H,13-14H2,(H,22,25). The van der Waals surface area contributed by atoms with Gasteiger partial charge in [-0.1, -0.05) is 59.8 Å². The van der Waals surface area contributed by atoms with Gasteiger partial charge in [0.1, 0.15) is 0 Å². The molecule has 0 spiro atoms. The third-order valence-electron chi connectivity index (χ3n) is 4.05. The molecular formula is C21H17N3O2S. The number of carbonyl (C=O) groups is 1. The van der Waals surface area contributed by atoms with E-state index in [2.05, 4.69) is 15.5 Å². The molecule has 0 saturated carbocycles. The summed E-state index contributed by atoms with van der Waals surface area (Å²) < 4.78 is 5.38. The van der Waals surface area contributed by atoms with Crippen molar-refractivity contribution in [2.75, 3.05) is 5.32 Å². The average molecular weight is 375 g/mol. The van der Waals surface area contributed by atoms with Gasteiger partial charge in [-0.05, 0) is 28.6 Å². The fourth-order valence-electron chi connectivity index (χ4n) is 2.77. The predicted octanol–water partition coefficient (Wildman–Crippen LogP) is 4.57. The van der Waals surface area contributed by atoms with Gasteiger partial charge in [0.15, 0.2) is 0 Å². The Labute approximate surface area is 160 Å². The van der Waals surface area contributed by atoms with Crippen molar-refractivity contribution in [3.8, 4) is 10.7 Å². The number of thiophene rings is 1. The van der Waals surface area contributed by atoms with Gasteiger partial charge < -0.3 is 9.84 Å². The molecule has 0 bridgehead atoms. The Morgan fingerprint density at radius 1 is 1.00 bits per heavy atom. The van der Waals surface area contributed by atoms with Crippen molar-refractivity contribution in [1.29, 1.82) is 0 Å². The summed E-state index contributed by atoms with van der Waals surface area (Å²) in [6, 6.07) is 21.2. The molecule has 0 unspecified atom stereocenters. The monoisotopic (exact) mass is 375 g/mol. The number of nitrogens with one attached hydrogen (secondary N) is 1. The molecular weight excluding hydrogens is 358 g/mol. The average Bonchev–Trinajstić information content (AvgIpc) is 3.36. The van der Waals surface area contributed by atoms with Crippen LogP contribution in [-0.4, -0.2) is 16.0 Å².